The second-order valence-corrected chi connectivity index (χ2v) is 19.4. The van der Waals surface area contributed by atoms with Crippen molar-refractivity contribution in [3.63, 3.8) is 0 Å². The number of aryl methyl sites for hydroxylation is 2. The molecule has 2 aromatic carbocycles. The molecule has 10 atom stereocenters. The van der Waals surface area contributed by atoms with Gasteiger partial charge in [-0.25, -0.2) is 0 Å². The quantitative estimate of drug-likeness (QED) is 0.180. The number of ether oxygens (including phenoxy) is 1. The molecule has 2 aromatic rings. The van der Waals surface area contributed by atoms with Gasteiger partial charge in [0.25, 0.3) is 20.2 Å². The number of rotatable bonds is 10. The summed E-state index contributed by atoms with van der Waals surface area (Å²) in [5, 5.41) is 0. The first-order chi connectivity index (χ1) is 23.1. The molecule has 0 heterocycles. The maximum absolute atomic E-state index is 13.9. The highest BCUT2D eigenvalue weighted by molar-refractivity contribution is 7.87. The van der Waals surface area contributed by atoms with Crippen molar-refractivity contribution >= 4 is 26.2 Å². The Kier molecular flexibility index (Phi) is 10.2. The largest absolute Gasteiger partial charge is 0.469 e. The summed E-state index contributed by atoms with van der Waals surface area (Å²) in [7, 11) is -6.62. The summed E-state index contributed by atoms with van der Waals surface area (Å²) >= 11 is 0. The van der Waals surface area contributed by atoms with Crippen molar-refractivity contribution in [3.05, 3.63) is 59.7 Å². The third-order valence-electron chi connectivity index (χ3n) is 13.5. The highest BCUT2D eigenvalue weighted by Gasteiger charge is 2.63. The lowest BCUT2D eigenvalue weighted by Crippen LogP contribution is -2.59. The topological polar surface area (TPSA) is 113 Å². The molecule has 49 heavy (non-hydrogen) atoms. The molecule has 8 nitrogen and oxygen atoms in total. The van der Waals surface area contributed by atoms with Gasteiger partial charge in [-0.1, -0.05) is 56.2 Å². The van der Waals surface area contributed by atoms with Gasteiger partial charge in [0.05, 0.1) is 29.1 Å². The molecule has 6 rings (SSSR count). The second-order valence-electron chi connectivity index (χ2n) is 16.2. The molecule has 0 radical (unpaired) electrons. The lowest BCUT2D eigenvalue weighted by molar-refractivity contribution is -0.163. The summed E-state index contributed by atoms with van der Waals surface area (Å²) in [6.07, 6.45) is 6.81. The molecule has 0 spiro atoms. The molecule has 0 aromatic heterocycles. The zero-order chi connectivity index (χ0) is 35.4. The molecule has 0 bridgehead atoms. The van der Waals surface area contributed by atoms with E-state index in [0.717, 1.165) is 49.7 Å². The monoisotopic (exact) mass is 714 g/mol. The number of carbonyl (C=O) groups excluding carboxylic acids is 1. The summed E-state index contributed by atoms with van der Waals surface area (Å²) in [5.74, 6) is 1.64. The lowest BCUT2D eigenvalue weighted by atomic mass is 9.43. The van der Waals surface area contributed by atoms with Gasteiger partial charge >= 0.3 is 5.97 Å². The van der Waals surface area contributed by atoms with Gasteiger partial charge in [0, 0.05) is 6.42 Å². The standard InChI is InChI=1S/C39H54O8S2/c1-25-7-12-29(13-8-25)48(41,42)46-28-19-21-39(5)34-20-22-38(4)32(27(3)11-18-37(40)45-6)16-17-33(38)31(34)24-36(35(39)23-28)47-49(43,44)30-14-9-26(2)10-15-30/h7-10,12-15,27-28,31-36H,11,16-24H2,1-6H3/t27-,28-,31+,32-,33+,34+,35+,36+,38-,39-/m1/s1. The summed E-state index contributed by atoms with van der Waals surface area (Å²) in [5.41, 5.74) is 1.81. The minimum absolute atomic E-state index is 0.0999. The van der Waals surface area contributed by atoms with Crippen LogP contribution in [0.25, 0.3) is 0 Å². The highest BCUT2D eigenvalue weighted by Crippen LogP contribution is 2.69. The SMILES string of the molecule is COC(=O)CC[C@@H](C)[C@H]1CC[C@H]2[C@@H]3C[C@H](OS(=O)(=O)c4ccc(C)cc4)[C@@H]4C[C@H](OS(=O)(=O)c5ccc(C)cc5)CC[C@]4(C)[C@H]3CC[C@]12C. The number of hydrogen-bond acceptors (Lipinski definition) is 8. The molecule has 4 aliphatic carbocycles. The van der Waals surface area contributed by atoms with Crippen LogP contribution in [0.2, 0.25) is 0 Å². The van der Waals surface area contributed by atoms with Crippen LogP contribution in [-0.2, 0) is 38.1 Å². The fraction of sp³-hybridized carbons (Fsp3) is 0.667. The van der Waals surface area contributed by atoms with Crippen molar-refractivity contribution in [2.24, 2.45) is 46.3 Å². The number of esters is 1. The minimum atomic E-state index is -4.07. The van der Waals surface area contributed by atoms with Crippen LogP contribution >= 0.6 is 0 Å². The van der Waals surface area contributed by atoms with Crippen LogP contribution in [0, 0.1) is 60.2 Å². The van der Waals surface area contributed by atoms with Gasteiger partial charge in [-0.2, -0.15) is 16.8 Å². The fourth-order valence-electron chi connectivity index (χ4n) is 10.9. The average molecular weight is 715 g/mol. The Balaban J connectivity index is 1.29. The first kappa shape index (κ1) is 36.5. The molecule has 4 saturated carbocycles. The average Bonchev–Trinajstić information content (AvgIpc) is 3.41. The van der Waals surface area contributed by atoms with E-state index in [0.29, 0.717) is 55.3 Å². The van der Waals surface area contributed by atoms with Crippen LogP contribution < -0.4 is 0 Å². The van der Waals surface area contributed by atoms with Crippen molar-refractivity contribution < 1.29 is 34.7 Å². The maximum Gasteiger partial charge on any atom is 0.305 e. The van der Waals surface area contributed by atoms with E-state index in [1.165, 1.54) is 7.11 Å². The molecule has 0 unspecified atom stereocenters. The van der Waals surface area contributed by atoms with E-state index in [9.17, 15) is 21.6 Å². The van der Waals surface area contributed by atoms with E-state index in [4.69, 9.17) is 13.1 Å². The molecule has 4 aliphatic rings. The van der Waals surface area contributed by atoms with Gasteiger partial charge in [-0.3, -0.25) is 13.2 Å². The van der Waals surface area contributed by atoms with Gasteiger partial charge in [-0.15, -0.1) is 0 Å². The summed E-state index contributed by atoms with van der Waals surface area (Å²) in [6, 6.07) is 13.4. The Labute approximate surface area is 293 Å². The van der Waals surface area contributed by atoms with E-state index in [1.54, 1.807) is 48.5 Å². The van der Waals surface area contributed by atoms with Gasteiger partial charge in [0.15, 0.2) is 0 Å². The van der Waals surface area contributed by atoms with Crippen LogP contribution in [0.1, 0.15) is 96.1 Å². The van der Waals surface area contributed by atoms with Crippen molar-refractivity contribution in [2.75, 3.05) is 7.11 Å². The highest BCUT2D eigenvalue weighted by atomic mass is 32.2. The molecular formula is C39H54O8S2. The predicted molar refractivity (Wildman–Crippen MR) is 187 cm³/mol. The van der Waals surface area contributed by atoms with E-state index in [2.05, 4.69) is 20.8 Å². The lowest BCUT2D eigenvalue weighted by Gasteiger charge is -2.62. The minimum Gasteiger partial charge on any atom is -0.469 e. The van der Waals surface area contributed by atoms with E-state index < -0.39 is 32.4 Å². The van der Waals surface area contributed by atoms with Crippen LogP contribution in [0.4, 0.5) is 0 Å². The van der Waals surface area contributed by atoms with Crippen molar-refractivity contribution in [1.82, 2.24) is 0 Å². The second kappa shape index (κ2) is 13.7. The maximum atomic E-state index is 13.9. The Bertz CT molecular complexity index is 1720. The first-order valence-corrected chi connectivity index (χ1v) is 21.0. The number of benzene rings is 2. The summed E-state index contributed by atoms with van der Waals surface area (Å²) in [4.78, 5) is 12.2. The Morgan fingerprint density at radius 2 is 1.31 bits per heavy atom. The van der Waals surface area contributed by atoms with Crippen molar-refractivity contribution in [1.29, 1.82) is 0 Å². The van der Waals surface area contributed by atoms with Gasteiger partial charge < -0.3 is 4.74 Å². The Morgan fingerprint density at radius 1 is 0.755 bits per heavy atom. The zero-order valence-corrected chi connectivity index (χ0v) is 31.5. The number of methoxy groups -OCH3 is 1. The van der Waals surface area contributed by atoms with Gasteiger partial charge in [0.2, 0.25) is 0 Å². The molecule has 0 aliphatic heterocycles. The number of carbonyl (C=O) groups is 1. The Hall–Kier alpha value is -2.27. The van der Waals surface area contributed by atoms with Gasteiger partial charge in [0.1, 0.15) is 0 Å². The van der Waals surface area contributed by atoms with E-state index >= 15 is 0 Å². The summed E-state index contributed by atoms with van der Waals surface area (Å²) in [6.45, 7) is 10.8. The molecule has 4 fully saturated rings. The smallest absolute Gasteiger partial charge is 0.305 e. The predicted octanol–water partition coefficient (Wildman–Crippen LogP) is 8.01. The third kappa shape index (κ3) is 7.01. The van der Waals surface area contributed by atoms with Gasteiger partial charge in [-0.05, 0) is 142 Å². The van der Waals surface area contributed by atoms with Crippen molar-refractivity contribution in [2.45, 2.75) is 121 Å². The molecular weight excluding hydrogens is 661 g/mol. The van der Waals surface area contributed by atoms with Crippen LogP contribution in [0.5, 0.6) is 0 Å². The van der Waals surface area contributed by atoms with Crippen LogP contribution in [-0.4, -0.2) is 42.1 Å². The van der Waals surface area contributed by atoms with Crippen LogP contribution in [0.3, 0.4) is 0 Å². The molecule has 0 amide bonds. The normalized spacial score (nSPS) is 35.1. The van der Waals surface area contributed by atoms with Crippen molar-refractivity contribution in [3.8, 4) is 0 Å². The third-order valence-corrected chi connectivity index (χ3v) is 16.3. The molecule has 270 valence electrons. The number of fused-ring (bicyclic) bond motifs is 5. The number of hydrogen-bond donors (Lipinski definition) is 0. The molecule has 0 saturated heterocycles. The zero-order valence-electron chi connectivity index (χ0n) is 29.9. The van der Waals surface area contributed by atoms with E-state index in [-0.39, 0.29) is 32.5 Å². The molecule has 0 N–H and O–H groups in total. The Morgan fingerprint density at radius 3 is 1.90 bits per heavy atom. The first-order valence-electron chi connectivity index (χ1n) is 18.1. The molecule has 10 heteroatoms. The fourth-order valence-corrected chi connectivity index (χ4v) is 13.1. The summed E-state index contributed by atoms with van der Waals surface area (Å²) < 4.78 is 71.7. The van der Waals surface area contributed by atoms with Crippen LogP contribution in [0.15, 0.2) is 58.3 Å². The van der Waals surface area contributed by atoms with E-state index in [1.807, 2.05) is 13.8 Å².